The fourth-order valence-electron chi connectivity index (χ4n) is 4.15. The van der Waals surface area contributed by atoms with Gasteiger partial charge in [-0.15, -0.1) is 0 Å². The molecule has 136 valence electrons. The third-order valence-corrected chi connectivity index (χ3v) is 5.69. The Bertz CT molecular complexity index is 811. The van der Waals surface area contributed by atoms with Crippen LogP contribution < -0.4 is 9.64 Å². The maximum Gasteiger partial charge on any atom is 0.271 e. The number of amidine groups is 1. The highest BCUT2D eigenvalue weighted by Gasteiger charge is 2.52. The lowest BCUT2D eigenvalue weighted by molar-refractivity contribution is -0.661. The molecule has 0 fully saturated rings. The van der Waals surface area contributed by atoms with E-state index in [1.807, 2.05) is 24.3 Å². The molecule has 2 aliphatic rings. The van der Waals surface area contributed by atoms with Gasteiger partial charge in [0.1, 0.15) is 11.4 Å². The maximum atomic E-state index is 11.7. The highest BCUT2D eigenvalue weighted by Crippen LogP contribution is 2.36. The van der Waals surface area contributed by atoms with Gasteiger partial charge in [-0.2, -0.15) is 0 Å². The summed E-state index contributed by atoms with van der Waals surface area (Å²) in [4.78, 5) is 2.29. The first kappa shape index (κ1) is 17.1. The molecule has 0 radical (unpaired) electrons. The van der Waals surface area contributed by atoms with Gasteiger partial charge in [-0.25, -0.2) is 9.48 Å². The molecular weight excluding hydrogens is 324 g/mol. The Balaban J connectivity index is 1.73. The van der Waals surface area contributed by atoms with Crippen molar-refractivity contribution in [3.8, 4) is 5.75 Å². The van der Waals surface area contributed by atoms with Crippen molar-refractivity contribution >= 4 is 11.5 Å². The summed E-state index contributed by atoms with van der Waals surface area (Å²) in [5.41, 5.74) is 2.42. The van der Waals surface area contributed by atoms with Crippen molar-refractivity contribution in [1.29, 1.82) is 0 Å². The van der Waals surface area contributed by atoms with E-state index in [2.05, 4.69) is 40.7 Å². The Morgan fingerprint density at radius 3 is 2.46 bits per heavy atom. The summed E-state index contributed by atoms with van der Waals surface area (Å²) in [6, 6.07) is 16.5. The molecule has 4 heteroatoms. The molecule has 0 aromatic heterocycles. The van der Waals surface area contributed by atoms with Crippen LogP contribution in [0.4, 0.5) is 5.69 Å². The lowest BCUT2D eigenvalue weighted by Gasteiger charge is -2.24. The standard InChI is InChI=1S/C22H27N2O2/c1-3-17-7-11-19(12-8-17)23-16-22(25,24-15-5-4-6-21(23)24)18-9-13-20(26-2)14-10-18/h7-14,25H,3-6,15-16H2,1-2H3/q+1/t22-/m0/s1. The van der Waals surface area contributed by atoms with Crippen LogP contribution in [0.25, 0.3) is 0 Å². The van der Waals surface area contributed by atoms with Crippen LogP contribution in [-0.4, -0.2) is 35.7 Å². The van der Waals surface area contributed by atoms with Crippen LogP contribution in [0.1, 0.15) is 37.3 Å². The molecule has 0 saturated carbocycles. The van der Waals surface area contributed by atoms with Crippen LogP contribution in [0.5, 0.6) is 5.75 Å². The van der Waals surface area contributed by atoms with Crippen LogP contribution in [0.15, 0.2) is 48.5 Å². The third-order valence-electron chi connectivity index (χ3n) is 5.69. The second-order valence-electron chi connectivity index (χ2n) is 7.18. The molecule has 2 aromatic carbocycles. The molecule has 0 saturated heterocycles. The zero-order chi connectivity index (χ0) is 18.1. The monoisotopic (exact) mass is 351 g/mol. The first-order valence-electron chi connectivity index (χ1n) is 9.52. The van der Waals surface area contributed by atoms with E-state index in [9.17, 15) is 5.11 Å². The molecule has 1 atom stereocenters. The Labute approximate surface area is 155 Å². The van der Waals surface area contributed by atoms with E-state index in [1.54, 1.807) is 7.11 Å². The number of hydrogen-bond acceptors (Lipinski definition) is 3. The Morgan fingerprint density at radius 2 is 1.81 bits per heavy atom. The number of anilines is 1. The van der Waals surface area contributed by atoms with Gasteiger partial charge in [0, 0.05) is 12.0 Å². The molecule has 1 N–H and O–H groups in total. The SMILES string of the molecule is CCc1ccc(N2C[C@](O)(c3ccc(OC)cc3)[N+]3=C2CCCC3)cc1. The predicted molar refractivity (Wildman–Crippen MR) is 104 cm³/mol. The maximum absolute atomic E-state index is 11.7. The first-order chi connectivity index (χ1) is 12.7. The van der Waals surface area contributed by atoms with E-state index in [0.29, 0.717) is 6.54 Å². The van der Waals surface area contributed by atoms with Gasteiger partial charge in [0.25, 0.3) is 11.6 Å². The fourth-order valence-corrected chi connectivity index (χ4v) is 4.15. The molecule has 0 spiro atoms. The van der Waals surface area contributed by atoms with Crippen LogP contribution in [0.3, 0.4) is 0 Å². The predicted octanol–water partition coefficient (Wildman–Crippen LogP) is 3.52. The van der Waals surface area contributed by atoms with Gasteiger partial charge in [-0.1, -0.05) is 19.1 Å². The topological polar surface area (TPSA) is 35.7 Å². The summed E-state index contributed by atoms with van der Waals surface area (Å²) in [6.07, 6.45) is 4.34. The summed E-state index contributed by atoms with van der Waals surface area (Å²) in [5, 5.41) is 11.7. The van der Waals surface area contributed by atoms with Gasteiger partial charge in [0.15, 0.2) is 6.54 Å². The zero-order valence-electron chi connectivity index (χ0n) is 15.6. The summed E-state index contributed by atoms with van der Waals surface area (Å²) in [6.45, 7) is 3.62. The van der Waals surface area contributed by atoms with Crippen LogP contribution in [0, 0.1) is 0 Å². The molecule has 0 amide bonds. The second-order valence-corrected chi connectivity index (χ2v) is 7.18. The van der Waals surface area contributed by atoms with Crippen LogP contribution in [-0.2, 0) is 12.1 Å². The highest BCUT2D eigenvalue weighted by atomic mass is 16.5. The molecule has 0 bridgehead atoms. The van der Waals surface area contributed by atoms with Gasteiger partial charge in [0.05, 0.1) is 13.7 Å². The average molecular weight is 351 g/mol. The summed E-state index contributed by atoms with van der Waals surface area (Å²) in [7, 11) is 1.66. The molecule has 2 heterocycles. The summed E-state index contributed by atoms with van der Waals surface area (Å²) in [5.74, 6) is 2.05. The van der Waals surface area contributed by atoms with Crippen molar-refractivity contribution in [3.05, 3.63) is 59.7 Å². The van der Waals surface area contributed by atoms with Crippen molar-refractivity contribution in [2.75, 3.05) is 25.1 Å². The van der Waals surface area contributed by atoms with E-state index in [4.69, 9.17) is 4.74 Å². The van der Waals surface area contributed by atoms with Crippen molar-refractivity contribution in [1.82, 2.24) is 0 Å². The van der Waals surface area contributed by atoms with Gasteiger partial charge >= 0.3 is 0 Å². The molecule has 2 aliphatic heterocycles. The molecule has 4 rings (SSSR count). The van der Waals surface area contributed by atoms with Gasteiger partial charge in [0.2, 0.25) is 0 Å². The van der Waals surface area contributed by atoms with E-state index in [-0.39, 0.29) is 0 Å². The Kier molecular flexibility index (Phi) is 4.45. The number of aryl methyl sites for hydroxylation is 1. The van der Waals surface area contributed by atoms with E-state index < -0.39 is 5.72 Å². The van der Waals surface area contributed by atoms with Crippen molar-refractivity contribution < 1.29 is 14.4 Å². The number of nitrogens with zero attached hydrogens (tertiary/aromatic N) is 2. The van der Waals surface area contributed by atoms with E-state index >= 15 is 0 Å². The van der Waals surface area contributed by atoms with Crippen LogP contribution >= 0.6 is 0 Å². The van der Waals surface area contributed by atoms with Crippen molar-refractivity contribution in [2.24, 2.45) is 0 Å². The number of benzene rings is 2. The number of rotatable bonds is 4. The van der Waals surface area contributed by atoms with Crippen LogP contribution in [0.2, 0.25) is 0 Å². The molecule has 0 aliphatic carbocycles. The van der Waals surface area contributed by atoms with Gasteiger partial charge < -0.3 is 9.84 Å². The van der Waals surface area contributed by atoms with Crippen molar-refractivity contribution in [3.63, 3.8) is 0 Å². The zero-order valence-corrected chi connectivity index (χ0v) is 15.6. The highest BCUT2D eigenvalue weighted by molar-refractivity contribution is 5.96. The van der Waals surface area contributed by atoms with Gasteiger partial charge in [-0.3, -0.25) is 0 Å². The quantitative estimate of drug-likeness (QED) is 0.856. The number of β-amino-alcohol motifs (C(OH)–C–C–N with tert-alkyl or cyclic N) is 1. The largest absolute Gasteiger partial charge is 0.497 e. The average Bonchev–Trinajstić information content (AvgIpc) is 3.02. The minimum atomic E-state index is -0.995. The second kappa shape index (κ2) is 6.76. The summed E-state index contributed by atoms with van der Waals surface area (Å²) < 4.78 is 7.47. The Hall–Kier alpha value is -2.33. The number of ether oxygens (including phenoxy) is 1. The molecular formula is C22H27N2O2+. The van der Waals surface area contributed by atoms with Crippen molar-refractivity contribution in [2.45, 2.75) is 38.3 Å². The fraction of sp³-hybridized carbons (Fsp3) is 0.409. The minimum Gasteiger partial charge on any atom is -0.497 e. The van der Waals surface area contributed by atoms with E-state index in [1.165, 1.54) is 17.8 Å². The number of hydrogen-bond donors (Lipinski definition) is 1. The molecule has 4 nitrogen and oxygen atoms in total. The van der Waals surface area contributed by atoms with E-state index in [0.717, 1.165) is 42.8 Å². The minimum absolute atomic E-state index is 0.556. The number of aliphatic hydroxyl groups is 1. The first-order valence-corrected chi connectivity index (χ1v) is 9.52. The lowest BCUT2D eigenvalue weighted by Crippen LogP contribution is -2.41. The molecule has 2 aromatic rings. The number of methoxy groups -OCH3 is 1. The third kappa shape index (κ3) is 2.78. The smallest absolute Gasteiger partial charge is 0.271 e. The Morgan fingerprint density at radius 1 is 1.08 bits per heavy atom. The normalized spacial score (nSPS) is 22.5. The molecule has 26 heavy (non-hydrogen) atoms. The summed E-state index contributed by atoms with van der Waals surface area (Å²) >= 11 is 0. The molecule has 0 unspecified atom stereocenters. The van der Waals surface area contributed by atoms with Gasteiger partial charge in [-0.05, 0) is 61.2 Å². The lowest BCUT2D eigenvalue weighted by atomic mass is 10.0.